The molecule has 0 aliphatic carbocycles. The average Bonchev–Trinajstić information content (AvgIpc) is 3.44. The van der Waals surface area contributed by atoms with Crippen LogP contribution in [0, 0.1) is 0 Å². The number of esters is 3. The third-order valence-electron chi connectivity index (χ3n) is 13.4. The summed E-state index contributed by atoms with van der Waals surface area (Å²) in [6, 6.07) is 0. The highest BCUT2D eigenvalue weighted by atomic mass is 16.6. The topological polar surface area (TPSA) is 78.9 Å². The molecule has 0 aromatic rings. The van der Waals surface area contributed by atoms with Crippen molar-refractivity contribution in [3.8, 4) is 0 Å². The molecule has 0 aliphatic rings. The molecule has 6 nitrogen and oxygen atoms in total. The van der Waals surface area contributed by atoms with Crippen LogP contribution in [0.4, 0.5) is 0 Å². The molecule has 1 atom stereocenters. The quantitative estimate of drug-likeness (QED) is 0.0261. The highest BCUT2D eigenvalue weighted by molar-refractivity contribution is 5.71. The molecular weight excluding hydrogens is 961 g/mol. The Balaban J connectivity index is 4.48. The molecule has 78 heavy (non-hydrogen) atoms. The highest BCUT2D eigenvalue weighted by Crippen LogP contribution is 2.15. The largest absolute Gasteiger partial charge is 0.462 e. The molecule has 0 saturated carbocycles. The second-order valence-electron chi connectivity index (χ2n) is 20.9. The van der Waals surface area contributed by atoms with Gasteiger partial charge in [-0.15, -0.1) is 0 Å². The molecule has 6 heteroatoms. The fourth-order valence-electron chi connectivity index (χ4n) is 8.61. The van der Waals surface area contributed by atoms with E-state index in [9.17, 15) is 14.4 Å². The molecule has 0 aromatic heterocycles. The minimum Gasteiger partial charge on any atom is -0.462 e. The summed E-state index contributed by atoms with van der Waals surface area (Å²) >= 11 is 0. The maximum Gasteiger partial charge on any atom is 0.306 e. The first-order chi connectivity index (χ1) is 38.5. The van der Waals surface area contributed by atoms with Gasteiger partial charge in [0.15, 0.2) is 6.10 Å². The molecule has 0 radical (unpaired) electrons. The van der Waals surface area contributed by atoms with E-state index in [0.717, 1.165) is 154 Å². The predicted octanol–water partition coefficient (Wildman–Crippen LogP) is 22.2. The van der Waals surface area contributed by atoms with Crippen LogP contribution in [0.5, 0.6) is 0 Å². The van der Waals surface area contributed by atoms with E-state index in [1.54, 1.807) is 0 Å². The smallest absolute Gasteiger partial charge is 0.306 e. The molecule has 0 spiro atoms. The molecular formula is C72H118O6. The minimum absolute atomic E-state index is 0.0954. The number of hydrogen-bond donors (Lipinski definition) is 0. The first-order valence-corrected chi connectivity index (χ1v) is 32.2. The van der Waals surface area contributed by atoms with Crippen molar-refractivity contribution >= 4 is 17.9 Å². The Bertz CT molecular complexity index is 1670. The van der Waals surface area contributed by atoms with Gasteiger partial charge in [0.2, 0.25) is 0 Å². The summed E-state index contributed by atoms with van der Waals surface area (Å²) in [7, 11) is 0. The molecule has 0 aromatic carbocycles. The number of allylic oxidation sites excluding steroid dienone is 22. The van der Waals surface area contributed by atoms with Crippen LogP contribution in [-0.4, -0.2) is 37.2 Å². The Kier molecular flexibility index (Phi) is 61.4. The lowest BCUT2D eigenvalue weighted by atomic mass is 10.1. The summed E-state index contributed by atoms with van der Waals surface area (Å²) in [5.41, 5.74) is 0. The lowest BCUT2D eigenvalue weighted by Gasteiger charge is -2.18. The van der Waals surface area contributed by atoms with Crippen LogP contribution >= 0.6 is 0 Å². The first-order valence-electron chi connectivity index (χ1n) is 32.2. The van der Waals surface area contributed by atoms with E-state index in [2.05, 4.69) is 154 Å². The molecule has 0 saturated heterocycles. The number of hydrogen-bond acceptors (Lipinski definition) is 6. The van der Waals surface area contributed by atoms with Gasteiger partial charge in [-0.2, -0.15) is 0 Å². The summed E-state index contributed by atoms with van der Waals surface area (Å²) < 4.78 is 16.9. The summed E-state index contributed by atoms with van der Waals surface area (Å²) in [6.07, 6.45) is 91.6. The second kappa shape index (κ2) is 65.1. The van der Waals surface area contributed by atoms with E-state index in [1.165, 1.54) is 89.9 Å². The zero-order valence-electron chi connectivity index (χ0n) is 50.6. The van der Waals surface area contributed by atoms with E-state index < -0.39 is 6.10 Å². The summed E-state index contributed by atoms with van der Waals surface area (Å²) in [5, 5.41) is 0. The normalized spacial score (nSPS) is 13.0. The summed E-state index contributed by atoms with van der Waals surface area (Å²) in [4.78, 5) is 38.4. The average molecular weight is 1080 g/mol. The molecule has 0 aliphatic heterocycles. The van der Waals surface area contributed by atoms with Crippen molar-refractivity contribution in [3.05, 3.63) is 134 Å². The summed E-state index contributed by atoms with van der Waals surface area (Å²) in [5.74, 6) is -0.927. The molecule has 0 fully saturated rings. The van der Waals surface area contributed by atoms with Gasteiger partial charge in [-0.05, 0) is 135 Å². The maximum absolute atomic E-state index is 12.9. The standard InChI is InChI=1S/C72H118O6/c1-4-7-10-13-16-19-22-25-28-31-34-36-38-41-44-47-50-53-56-59-62-65-71(74)77-68-69(67-76-70(73)64-61-58-55-52-49-46-43-40-33-30-27-24-21-18-15-12-9-6-3)78-72(75)66-63-60-57-54-51-48-45-42-39-37-35-32-29-26-23-20-17-14-11-8-5-2/h7-8,10-11,16-17,19-21,24-26,28-30,33-37,41,44,69H,4-6,9,12-15,18,22-23,27,31-32,38-40,42-43,45-68H2,1-3H3/b10-7-,11-8-,19-16-,20-17-,24-21-,28-25-,29-26-,33-30-,36-34-,37-35-,44-41-. The second-order valence-corrected chi connectivity index (χ2v) is 20.9. The van der Waals surface area contributed by atoms with Gasteiger partial charge in [0.05, 0.1) is 0 Å². The molecule has 0 heterocycles. The zero-order chi connectivity index (χ0) is 56.4. The number of unbranched alkanes of at least 4 members (excludes halogenated alkanes) is 24. The maximum atomic E-state index is 12.9. The van der Waals surface area contributed by atoms with Crippen LogP contribution in [0.2, 0.25) is 0 Å². The van der Waals surface area contributed by atoms with Crippen molar-refractivity contribution in [1.82, 2.24) is 0 Å². The van der Waals surface area contributed by atoms with Crippen LogP contribution in [0.3, 0.4) is 0 Å². The van der Waals surface area contributed by atoms with Gasteiger partial charge >= 0.3 is 17.9 Å². The van der Waals surface area contributed by atoms with Gasteiger partial charge < -0.3 is 14.2 Å². The number of ether oxygens (including phenoxy) is 3. The Hall–Kier alpha value is -4.45. The van der Waals surface area contributed by atoms with Crippen LogP contribution in [0.25, 0.3) is 0 Å². The molecule has 442 valence electrons. The minimum atomic E-state index is -0.801. The Morgan fingerprint density at radius 2 is 0.500 bits per heavy atom. The van der Waals surface area contributed by atoms with Gasteiger partial charge in [-0.3, -0.25) is 14.4 Å². The van der Waals surface area contributed by atoms with Crippen molar-refractivity contribution in [2.24, 2.45) is 0 Å². The van der Waals surface area contributed by atoms with E-state index >= 15 is 0 Å². The van der Waals surface area contributed by atoms with Crippen molar-refractivity contribution in [1.29, 1.82) is 0 Å². The lowest BCUT2D eigenvalue weighted by Crippen LogP contribution is -2.30. The van der Waals surface area contributed by atoms with Crippen LogP contribution < -0.4 is 0 Å². The van der Waals surface area contributed by atoms with E-state index in [1.807, 2.05) is 0 Å². The SMILES string of the molecule is CC/C=C\C/C=C\C/C=C\C/C=C\C/C=C\CCCCCCCC(=O)OCC(COC(=O)CCCCCCCCC/C=C\C/C=C\CCCCCC)OC(=O)CCCCCCCCCC/C=C\C/C=C\C/C=C\C/C=C\CC. The van der Waals surface area contributed by atoms with Gasteiger partial charge in [0, 0.05) is 19.3 Å². The molecule has 0 rings (SSSR count). The Morgan fingerprint density at radius 3 is 0.782 bits per heavy atom. The molecule has 1 unspecified atom stereocenters. The van der Waals surface area contributed by atoms with Gasteiger partial charge in [-0.25, -0.2) is 0 Å². The first kappa shape index (κ1) is 73.5. The van der Waals surface area contributed by atoms with E-state index in [0.29, 0.717) is 19.3 Å². The molecule has 0 N–H and O–H groups in total. The van der Waals surface area contributed by atoms with Gasteiger partial charge in [0.25, 0.3) is 0 Å². The lowest BCUT2D eigenvalue weighted by molar-refractivity contribution is -0.167. The van der Waals surface area contributed by atoms with Crippen molar-refractivity contribution in [2.75, 3.05) is 13.2 Å². The van der Waals surface area contributed by atoms with Gasteiger partial charge in [-0.1, -0.05) is 264 Å². The number of rotatable bonds is 57. The number of carbonyl (C=O) groups is 3. The third-order valence-corrected chi connectivity index (χ3v) is 13.4. The fraction of sp³-hybridized carbons (Fsp3) is 0.653. The van der Waals surface area contributed by atoms with Crippen LogP contribution in [0.15, 0.2) is 134 Å². The monoisotopic (exact) mass is 1080 g/mol. The van der Waals surface area contributed by atoms with Crippen molar-refractivity contribution in [2.45, 2.75) is 290 Å². The number of carbonyl (C=O) groups excluding carboxylic acids is 3. The van der Waals surface area contributed by atoms with Crippen molar-refractivity contribution in [3.63, 3.8) is 0 Å². The van der Waals surface area contributed by atoms with Crippen LogP contribution in [0.1, 0.15) is 284 Å². The van der Waals surface area contributed by atoms with Gasteiger partial charge in [0.1, 0.15) is 13.2 Å². The van der Waals surface area contributed by atoms with Crippen molar-refractivity contribution < 1.29 is 28.6 Å². The predicted molar refractivity (Wildman–Crippen MR) is 339 cm³/mol. The zero-order valence-corrected chi connectivity index (χ0v) is 50.6. The molecule has 0 bridgehead atoms. The van der Waals surface area contributed by atoms with E-state index in [4.69, 9.17) is 14.2 Å². The Morgan fingerprint density at radius 1 is 0.269 bits per heavy atom. The summed E-state index contributed by atoms with van der Waals surface area (Å²) in [6.45, 7) is 6.38. The molecule has 0 amide bonds. The highest BCUT2D eigenvalue weighted by Gasteiger charge is 2.19. The Labute approximate surface area is 481 Å². The third kappa shape index (κ3) is 62.4. The fourth-order valence-corrected chi connectivity index (χ4v) is 8.61. The van der Waals surface area contributed by atoms with Crippen LogP contribution in [-0.2, 0) is 28.6 Å². The van der Waals surface area contributed by atoms with E-state index in [-0.39, 0.29) is 31.1 Å².